The van der Waals surface area contributed by atoms with Crippen molar-refractivity contribution in [3.8, 4) is 0 Å². The number of benzene rings is 1. The number of aliphatic hydroxyl groups excluding tert-OH is 2. The smallest absolute Gasteiger partial charge is 0.305 e. The van der Waals surface area contributed by atoms with E-state index in [0.717, 1.165) is 31.2 Å². The second-order valence-corrected chi connectivity index (χ2v) is 8.95. The first-order chi connectivity index (χ1) is 15.0. The molecule has 0 radical (unpaired) electrons. The van der Waals surface area contributed by atoms with E-state index in [1.807, 2.05) is 12.1 Å². The molecule has 172 valence electrons. The molecule has 0 bridgehead atoms. The number of hydrogen-bond acceptors (Lipinski definition) is 5. The minimum atomic E-state index is -0.632. The van der Waals surface area contributed by atoms with Crippen molar-refractivity contribution in [1.82, 2.24) is 0 Å². The summed E-state index contributed by atoms with van der Waals surface area (Å²) in [5.41, 5.74) is 0.865. The van der Waals surface area contributed by atoms with E-state index in [9.17, 15) is 19.4 Å². The summed E-state index contributed by atoms with van der Waals surface area (Å²) in [5, 5.41) is 20.9. The van der Waals surface area contributed by atoms with Crippen LogP contribution in [0.1, 0.15) is 50.5 Å². The number of hydrogen-bond donors (Lipinski definition) is 2. The van der Waals surface area contributed by atoms with Crippen molar-refractivity contribution in [2.45, 2.75) is 69.7 Å². The van der Waals surface area contributed by atoms with Crippen LogP contribution in [0.15, 0.2) is 36.4 Å². The van der Waals surface area contributed by atoms with Crippen molar-refractivity contribution in [2.75, 3.05) is 13.7 Å². The van der Waals surface area contributed by atoms with Crippen molar-refractivity contribution in [2.24, 2.45) is 17.8 Å². The lowest BCUT2D eigenvalue weighted by Gasteiger charge is -2.21. The van der Waals surface area contributed by atoms with Crippen molar-refractivity contribution in [3.63, 3.8) is 0 Å². The van der Waals surface area contributed by atoms with Gasteiger partial charge in [0.1, 0.15) is 5.82 Å². The predicted molar refractivity (Wildman–Crippen MR) is 116 cm³/mol. The highest BCUT2D eigenvalue weighted by Gasteiger charge is 2.43. The molecule has 0 unspecified atom stereocenters. The van der Waals surface area contributed by atoms with Crippen molar-refractivity contribution >= 4 is 5.97 Å². The molecule has 2 aliphatic rings. The Balaban J connectivity index is 1.48. The molecular weight excluding hydrogens is 399 g/mol. The molecule has 1 saturated heterocycles. The number of ether oxygens (including phenoxy) is 2. The zero-order valence-electron chi connectivity index (χ0n) is 18.3. The predicted octanol–water partition coefficient (Wildman–Crippen LogP) is 3.81. The second kappa shape index (κ2) is 11.7. The van der Waals surface area contributed by atoms with Gasteiger partial charge in [-0.25, -0.2) is 4.39 Å². The van der Waals surface area contributed by atoms with Crippen LogP contribution in [0.2, 0.25) is 0 Å². The van der Waals surface area contributed by atoms with E-state index in [1.165, 1.54) is 19.2 Å². The fraction of sp³-hybridized carbons (Fsp3) is 0.640. The quantitative estimate of drug-likeness (QED) is 0.457. The maximum absolute atomic E-state index is 13.3. The summed E-state index contributed by atoms with van der Waals surface area (Å²) in [6, 6.07) is 6.44. The molecule has 6 heteroatoms. The second-order valence-electron chi connectivity index (χ2n) is 8.95. The maximum Gasteiger partial charge on any atom is 0.305 e. The monoisotopic (exact) mass is 434 g/mol. The van der Waals surface area contributed by atoms with E-state index >= 15 is 0 Å². The third kappa shape index (κ3) is 7.13. The minimum absolute atomic E-state index is 0.0253. The van der Waals surface area contributed by atoms with Gasteiger partial charge >= 0.3 is 5.97 Å². The number of methoxy groups -OCH3 is 1. The molecule has 0 aromatic heterocycles. The molecular formula is C25H35FO5. The topological polar surface area (TPSA) is 76.0 Å². The van der Waals surface area contributed by atoms with Gasteiger partial charge in [-0.2, -0.15) is 0 Å². The van der Waals surface area contributed by atoms with Gasteiger partial charge in [0.2, 0.25) is 0 Å². The summed E-state index contributed by atoms with van der Waals surface area (Å²) in [5.74, 6) is 0.208. The first kappa shape index (κ1) is 23.9. The van der Waals surface area contributed by atoms with Gasteiger partial charge in [0, 0.05) is 25.4 Å². The van der Waals surface area contributed by atoms with Crippen molar-refractivity contribution < 1.29 is 28.9 Å². The number of carbonyl (C=O) groups excluding carboxylic acids is 1. The van der Waals surface area contributed by atoms with Gasteiger partial charge in [-0.1, -0.05) is 24.3 Å². The van der Waals surface area contributed by atoms with E-state index in [4.69, 9.17) is 9.47 Å². The normalized spacial score (nSPS) is 29.5. The molecule has 3 rings (SSSR count). The van der Waals surface area contributed by atoms with Crippen LogP contribution < -0.4 is 0 Å². The molecule has 0 spiro atoms. The zero-order valence-corrected chi connectivity index (χ0v) is 18.3. The van der Waals surface area contributed by atoms with Gasteiger partial charge in [-0.05, 0) is 68.1 Å². The highest BCUT2D eigenvalue weighted by Crippen LogP contribution is 2.42. The van der Waals surface area contributed by atoms with E-state index < -0.39 is 12.2 Å². The van der Waals surface area contributed by atoms with Crippen LogP contribution in [-0.2, 0) is 20.7 Å². The lowest BCUT2D eigenvalue weighted by atomic mass is 9.86. The number of esters is 1. The van der Waals surface area contributed by atoms with Crippen LogP contribution in [0.3, 0.4) is 0 Å². The van der Waals surface area contributed by atoms with Crippen molar-refractivity contribution in [3.05, 3.63) is 47.8 Å². The number of aryl methyl sites for hydroxylation is 1. The lowest BCUT2D eigenvalue weighted by Crippen LogP contribution is -2.21. The van der Waals surface area contributed by atoms with Gasteiger partial charge < -0.3 is 19.7 Å². The zero-order chi connectivity index (χ0) is 22.2. The molecule has 1 aliphatic carbocycles. The SMILES string of the molecule is COC(=O)CCC[C@H]1CC[C@@H]2[C@@H](/C=C/[C@H](O)CCc3cccc(F)c3)[C@H](O)C[C@@H]2OC1. The third-order valence-corrected chi connectivity index (χ3v) is 6.74. The number of rotatable bonds is 9. The highest BCUT2D eigenvalue weighted by atomic mass is 19.1. The Kier molecular flexibility index (Phi) is 9.05. The molecule has 5 nitrogen and oxygen atoms in total. The minimum Gasteiger partial charge on any atom is -0.469 e. The molecule has 2 fully saturated rings. The molecule has 1 saturated carbocycles. The Morgan fingerprint density at radius 1 is 1.39 bits per heavy atom. The Labute approximate surface area is 184 Å². The van der Waals surface area contributed by atoms with Gasteiger partial charge in [-0.15, -0.1) is 0 Å². The summed E-state index contributed by atoms with van der Waals surface area (Å²) in [7, 11) is 1.41. The van der Waals surface area contributed by atoms with E-state index in [1.54, 1.807) is 12.1 Å². The Morgan fingerprint density at radius 3 is 3.00 bits per heavy atom. The van der Waals surface area contributed by atoms with Gasteiger partial charge in [-0.3, -0.25) is 4.79 Å². The average molecular weight is 435 g/mol. The fourth-order valence-corrected chi connectivity index (χ4v) is 4.94. The molecule has 1 heterocycles. The molecule has 0 amide bonds. The Morgan fingerprint density at radius 2 is 2.23 bits per heavy atom. The Bertz CT molecular complexity index is 736. The number of carbonyl (C=O) groups is 1. The molecule has 6 atom stereocenters. The average Bonchev–Trinajstić information content (AvgIpc) is 2.92. The fourth-order valence-electron chi connectivity index (χ4n) is 4.94. The molecule has 1 aromatic carbocycles. The van der Waals surface area contributed by atoms with Crippen LogP contribution in [-0.4, -0.2) is 48.2 Å². The van der Waals surface area contributed by atoms with Gasteiger partial charge in [0.25, 0.3) is 0 Å². The van der Waals surface area contributed by atoms with Gasteiger partial charge in [0.15, 0.2) is 0 Å². The largest absolute Gasteiger partial charge is 0.469 e. The summed E-state index contributed by atoms with van der Waals surface area (Å²) in [4.78, 5) is 11.3. The van der Waals surface area contributed by atoms with E-state index in [2.05, 4.69) is 0 Å². The summed E-state index contributed by atoms with van der Waals surface area (Å²) < 4.78 is 24.1. The number of halogens is 1. The van der Waals surface area contributed by atoms with Crippen LogP contribution in [0.25, 0.3) is 0 Å². The maximum atomic E-state index is 13.3. The van der Waals surface area contributed by atoms with Gasteiger partial charge in [0.05, 0.1) is 25.4 Å². The summed E-state index contributed by atoms with van der Waals surface area (Å²) in [6.07, 6.45) is 8.57. The van der Waals surface area contributed by atoms with E-state index in [-0.39, 0.29) is 29.7 Å². The lowest BCUT2D eigenvalue weighted by molar-refractivity contribution is -0.140. The number of aliphatic hydroxyl groups is 2. The first-order valence-corrected chi connectivity index (χ1v) is 11.4. The van der Waals surface area contributed by atoms with Crippen LogP contribution in [0.4, 0.5) is 4.39 Å². The van der Waals surface area contributed by atoms with Crippen LogP contribution >= 0.6 is 0 Å². The summed E-state index contributed by atoms with van der Waals surface area (Å²) >= 11 is 0. The van der Waals surface area contributed by atoms with E-state index in [0.29, 0.717) is 38.2 Å². The van der Waals surface area contributed by atoms with Crippen LogP contribution in [0.5, 0.6) is 0 Å². The van der Waals surface area contributed by atoms with Crippen molar-refractivity contribution in [1.29, 1.82) is 0 Å². The van der Waals surface area contributed by atoms with Crippen LogP contribution in [0, 0.1) is 23.6 Å². The molecule has 1 aromatic rings. The standard InChI is InChI=1S/C25H35FO5/c1-30-25(29)7-3-5-18-9-12-22-21(23(28)15-24(22)31-16-18)13-11-20(27)10-8-17-4-2-6-19(26)14-17/h2,4,6,11,13-14,18,20-24,27-28H,3,5,7-10,12,15-16H2,1H3/b13-11+/t18-,20+,21+,22+,23+,24-/m0/s1. The molecule has 31 heavy (non-hydrogen) atoms. The first-order valence-electron chi connectivity index (χ1n) is 11.4. The molecule has 2 N–H and O–H groups in total. The number of fused-ring (bicyclic) bond motifs is 1. The molecule has 1 aliphatic heterocycles. The summed E-state index contributed by atoms with van der Waals surface area (Å²) in [6.45, 7) is 0.668. The third-order valence-electron chi connectivity index (χ3n) is 6.74. The highest BCUT2D eigenvalue weighted by molar-refractivity contribution is 5.68. The Hall–Kier alpha value is -1.76.